The van der Waals surface area contributed by atoms with E-state index in [9.17, 15) is 10.2 Å². The van der Waals surface area contributed by atoms with Gasteiger partial charge < -0.3 is 14.6 Å². The zero-order valence-electron chi connectivity index (χ0n) is 11.3. The first kappa shape index (κ1) is 14.3. The van der Waals surface area contributed by atoms with Crippen molar-refractivity contribution >= 4 is 27.8 Å². The summed E-state index contributed by atoms with van der Waals surface area (Å²) in [7, 11) is 0. The van der Waals surface area contributed by atoms with Crippen molar-refractivity contribution < 1.29 is 14.6 Å². The Balaban J connectivity index is 1.88. The minimum absolute atomic E-state index is 0.120. The summed E-state index contributed by atoms with van der Waals surface area (Å²) >= 11 is 3.35. The van der Waals surface area contributed by atoms with Crippen LogP contribution in [0.5, 0.6) is 11.7 Å². The SMILES string of the molecule is Oc1cccc(N=Cc2nc(-c3ccc(Br)cc3)oc2O)c1. The van der Waals surface area contributed by atoms with E-state index in [4.69, 9.17) is 4.42 Å². The van der Waals surface area contributed by atoms with Gasteiger partial charge in [0, 0.05) is 16.1 Å². The summed E-state index contributed by atoms with van der Waals surface area (Å²) in [4.78, 5) is 8.35. The van der Waals surface area contributed by atoms with Crippen molar-refractivity contribution in [3.63, 3.8) is 0 Å². The van der Waals surface area contributed by atoms with E-state index in [1.807, 2.05) is 24.3 Å². The summed E-state index contributed by atoms with van der Waals surface area (Å²) in [6.07, 6.45) is 1.38. The molecule has 6 heteroatoms. The standard InChI is InChI=1S/C16H11BrN2O3/c17-11-6-4-10(5-7-11)15-19-14(16(21)22-15)9-18-12-2-1-3-13(20)8-12/h1-9,20-21H. The third-order valence-corrected chi connectivity index (χ3v) is 3.42. The lowest BCUT2D eigenvalue weighted by molar-refractivity contribution is 0.337. The number of nitrogens with zero attached hydrogens (tertiary/aromatic N) is 2. The highest BCUT2D eigenvalue weighted by Gasteiger charge is 2.12. The van der Waals surface area contributed by atoms with Crippen LogP contribution in [0.4, 0.5) is 5.69 Å². The Bertz CT molecular complexity index is 826. The second-order valence-corrected chi connectivity index (χ2v) is 5.41. The van der Waals surface area contributed by atoms with Gasteiger partial charge in [0.2, 0.25) is 5.89 Å². The van der Waals surface area contributed by atoms with Crippen LogP contribution < -0.4 is 0 Å². The molecule has 3 aromatic rings. The Morgan fingerprint density at radius 3 is 2.59 bits per heavy atom. The smallest absolute Gasteiger partial charge is 0.312 e. The van der Waals surface area contributed by atoms with Crippen LogP contribution in [0.25, 0.3) is 11.5 Å². The average molecular weight is 359 g/mol. The van der Waals surface area contributed by atoms with Gasteiger partial charge in [0.05, 0.1) is 11.9 Å². The van der Waals surface area contributed by atoms with Crippen LogP contribution in [-0.4, -0.2) is 21.4 Å². The van der Waals surface area contributed by atoms with Gasteiger partial charge in [-0.1, -0.05) is 22.0 Å². The van der Waals surface area contributed by atoms with Gasteiger partial charge in [-0.3, -0.25) is 4.99 Å². The number of hydrogen-bond acceptors (Lipinski definition) is 5. The van der Waals surface area contributed by atoms with E-state index in [1.54, 1.807) is 18.2 Å². The largest absolute Gasteiger partial charge is 0.508 e. The number of aromatic hydroxyl groups is 2. The molecule has 0 amide bonds. The highest BCUT2D eigenvalue weighted by molar-refractivity contribution is 9.10. The van der Waals surface area contributed by atoms with Crippen molar-refractivity contribution in [3.05, 3.63) is 58.7 Å². The fourth-order valence-electron chi connectivity index (χ4n) is 1.83. The molecule has 0 spiro atoms. The van der Waals surface area contributed by atoms with Gasteiger partial charge in [-0.2, -0.15) is 0 Å². The van der Waals surface area contributed by atoms with Crippen molar-refractivity contribution in [2.45, 2.75) is 0 Å². The molecule has 5 nitrogen and oxygen atoms in total. The quantitative estimate of drug-likeness (QED) is 0.685. The summed E-state index contributed by atoms with van der Waals surface area (Å²) in [6, 6.07) is 13.8. The maximum atomic E-state index is 9.80. The van der Waals surface area contributed by atoms with Crippen molar-refractivity contribution in [2.24, 2.45) is 4.99 Å². The molecule has 0 aliphatic heterocycles. The Kier molecular flexibility index (Phi) is 3.93. The second kappa shape index (κ2) is 6.03. The Morgan fingerprint density at radius 1 is 1.09 bits per heavy atom. The molecule has 0 saturated carbocycles. The number of benzene rings is 2. The fourth-order valence-corrected chi connectivity index (χ4v) is 2.10. The molecule has 0 fully saturated rings. The minimum atomic E-state index is -0.304. The monoisotopic (exact) mass is 358 g/mol. The predicted octanol–water partition coefficient (Wildman–Crippen LogP) is 4.27. The molecule has 1 heterocycles. The van der Waals surface area contributed by atoms with Crippen molar-refractivity contribution in [2.75, 3.05) is 0 Å². The maximum absolute atomic E-state index is 9.80. The number of phenolic OH excluding ortho intramolecular Hbond substituents is 1. The molecule has 22 heavy (non-hydrogen) atoms. The van der Waals surface area contributed by atoms with Gasteiger partial charge >= 0.3 is 5.95 Å². The van der Waals surface area contributed by atoms with E-state index in [1.165, 1.54) is 12.3 Å². The molecule has 110 valence electrons. The normalized spacial score (nSPS) is 11.1. The summed E-state index contributed by atoms with van der Waals surface area (Å²) in [6.45, 7) is 0. The summed E-state index contributed by atoms with van der Waals surface area (Å²) < 4.78 is 6.18. The zero-order chi connectivity index (χ0) is 15.5. The van der Waals surface area contributed by atoms with E-state index in [0.29, 0.717) is 11.6 Å². The first-order valence-electron chi connectivity index (χ1n) is 6.40. The van der Waals surface area contributed by atoms with Gasteiger partial charge in [-0.15, -0.1) is 0 Å². The number of phenols is 1. The molecule has 0 bridgehead atoms. The molecule has 0 atom stereocenters. The van der Waals surface area contributed by atoms with E-state index < -0.39 is 0 Å². The molecule has 1 aromatic heterocycles. The van der Waals surface area contributed by atoms with E-state index in [2.05, 4.69) is 25.9 Å². The van der Waals surface area contributed by atoms with Crippen LogP contribution in [0, 0.1) is 0 Å². The summed E-state index contributed by atoms with van der Waals surface area (Å²) in [5, 5.41) is 19.2. The third-order valence-electron chi connectivity index (χ3n) is 2.89. The molecule has 3 rings (SSSR count). The van der Waals surface area contributed by atoms with Gasteiger partial charge in [0.25, 0.3) is 0 Å². The van der Waals surface area contributed by atoms with Crippen LogP contribution in [0.2, 0.25) is 0 Å². The highest BCUT2D eigenvalue weighted by Crippen LogP contribution is 2.27. The first-order valence-corrected chi connectivity index (χ1v) is 7.20. The Labute approximate surface area is 134 Å². The molecule has 0 saturated heterocycles. The number of oxazole rings is 1. The number of halogens is 1. The highest BCUT2D eigenvalue weighted by atomic mass is 79.9. The molecule has 2 aromatic carbocycles. The average Bonchev–Trinajstić information content (AvgIpc) is 2.87. The van der Waals surface area contributed by atoms with Crippen LogP contribution >= 0.6 is 15.9 Å². The fraction of sp³-hybridized carbons (Fsp3) is 0. The zero-order valence-corrected chi connectivity index (χ0v) is 12.9. The van der Waals surface area contributed by atoms with Gasteiger partial charge in [0.1, 0.15) is 5.75 Å². The first-order chi connectivity index (χ1) is 10.6. The lowest BCUT2D eigenvalue weighted by Crippen LogP contribution is -1.82. The maximum Gasteiger partial charge on any atom is 0.312 e. The molecule has 0 unspecified atom stereocenters. The van der Waals surface area contributed by atoms with Crippen LogP contribution in [0.15, 0.2) is 62.4 Å². The molecule has 2 N–H and O–H groups in total. The van der Waals surface area contributed by atoms with E-state index in [-0.39, 0.29) is 17.4 Å². The van der Waals surface area contributed by atoms with Gasteiger partial charge in [-0.25, -0.2) is 4.98 Å². The minimum Gasteiger partial charge on any atom is -0.508 e. The van der Waals surface area contributed by atoms with Crippen molar-refractivity contribution in [1.82, 2.24) is 4.98 Å². The molecule has 0 aliphatic carbocycles. The number of aromatic nitrogens is 1. The Morgan fingerprint density at radius 2 is 1.86 bits per heavy atom. The summed E-state index contributed by atoms with van der Waals surface area (Å²) in [5.41, 5.74) is 1.52. The lowest BCUT2D eigenvalue weighted by Gasteiger charge is -1.94. The van der Waals surface area contributed by atoms with Crippen LogP contribution in [-0.2, 0) is 0 Å². The van der Waals surface area contributed by atoms with Gasteiger partial charge in [-0.05, 0) is 36.4 Å². The third kappa shape index (κ3) is 3.17. The van der Waals surface area contributed by atoms with E-state index >= 15 is 0 Å². The molecule has 0 aliphatic rings. The van der Waals surface area contributed by atoms with E-state index in [0.717, 1.165) is 10.0 Å². The van der Waals surface area contributed by atoms with Crippen molar-refractivity contribution in [1.29, 1.82) is 0 Å². The van der Waals surface area contributed by atoms with Gasteiger partial charge in [0.15, 0.2) is 5.69 Å². The van der Waals surface area contributed by atoms with Crippen molar-refractivity contribution in [3.8, 4) is 23.1 Å². The molecular weight excluding hydrogens is 348 g/mol. The Hall–Kier alpha value is -2.60. The van der Waals surface area contributed by atoms with Crippen LogP contribution in [0.1, 0.15) is 5.69 Å². The number of rotatable bonds is 3. The number of aliphatic imine (C=N–C) groups is 1. The lowest BCUT2D eigenvalue weighted by atomic mass is 10.2. The topological polar surface area (TPSA) is 78.9 Å². The number of hydrogen-bond donors (Lipinski definition) is 2. The summed E-state index contributed by atoms with van der Waals surface area (Å²) in [5.74, 6) is 0.124. The molecular formula is C16H11BrN2O3. The second-order valence-electron chi connectivity index (χ2n) is 4.49. The van der Waals surface area contributed by atoms with Crippen LogP contribution in [0.3, 0.4) is 0 Å². The predicted molar refractivity (Wildman–Crippen MR) is 86.7 cm³/mol. The molecule has 0 radical (unpaired) electrons.